The Morgan fingerprint density at radius 1 is 1.00 bits per heavy atom. The van der Waals surface area contributed by atoms with Crippen molar-refractivity contribution in [3.63, 3.8) is 0 Å². The zero-order valence-electron chi connectivity index (χ0n) is 15.9. The summed E-state index contributed by atoms with van der Waals surface area (Å²) in [5.74, 6) is -0.681. The van der Waals surface area contributed by atoms with Gasteiger partial charge < -0.3 is 0 Å². The Morgan fingerprint density at radius 2 is 1.67 bits per heavy atom. The van der Waals surface area contributed by atoms with E-state index in [4.69, 9.17) is 11.6 Å². The number of nitrogens with one attached hydrogen (secondary N) is 1. The molecule has 0 bridgehead atoms. The van der Waals surface area contributed by atoms with E-state index in [2.05, 4.69) is 10.3 Å². The van der Waals surface area contributed by atoms with Gasteiger partial charge in [-0.3, -0.25) is 24.6 Å². The van der Waals surface area contributed by atoms with Crippen LogP contribution < -0.4 is 5.32 Å². The summed E-state index contributed by atoms with van der Waals surface area (Å²) in [7, 11) is 0. The van der Waals surface area contributed by atoms with E-state index >= 15 is 0 Å². The number of hydrogen-bond acceptors (Lipinski definition) is 5. The average Bonchev–Trinajstić information content (AvgIpc) is 3.29. The molecule has 30 heavy (non-hydrogen) atoms. The van der Waals surface area contributed by atoms with Gasteiger partial charge in [0.15, 0.2) is 5.13 Å². The lowest BCUT2D eigenvalue weighted by atomic mass is 10.1. The van der Waals surface area contributed by atoms with Crippen LogP contribution >= 0.6 is 22.9 Å². The predicted octanol–water partition coefficient (Wildman–Crippen LogP) is 4.67. The normalized spacial score (nSPS) is 12.9. The lowest BCUT2D eigenvalue weighted by Crippen LogP contribution is -2.30. The standard InChI is InChI=1S/C22H18ClN3O3S/c23-15-10-8-14(9-11-15)19(27)25-22-24-13-16(30-22)5-3-4-12-26-20(28)17-6-1-2-7-18(17)21(26)29/h1-2,6-11,13H,3-5,12H2,(H,24,25,27). The van der Waals surface area contributed by atoms with E-state index in [-0.39, 0.29) is 17.7 Å². The zero-order chi connectivity index (χ0) is 21.1. The van der Waals surface area contributed by atoms with Crippen molar-refractivity contribution >= 4 is 45.8 Å². The van der Waals surface area contributed by atoms with Gasteiger partial charge in [-0.2, -0.15) is 0 Å². The number of aryl methyl sites for hydroxylation is 1. The molecule has 4 rings (SSSR count). The Bertz CT molecular complexity index is 1080. The van der Waals surface area contributed by atoms with E-state index in [1.165, 1.54) is 16.2 Å². The molecule has 6 nitrogen and oxygen atoms in total. The van der Waals surface area contributed by atoms with Gasteiger partial charge in [0.1, 0.15) is 0 Å². The number of benzene rings is 2. The van der Waals surface area contributed by atoms with E-state index in [0.29, 0.717) is 39.8 Å². The number of imide groups is 1. The summed E-state index contributed by atoms with van der Waals surface area (Å²) in [5.41, 5.74) is 1.47. The molecule has 2 heterocycles. The Morgan fingerprint density at radius 3 is 2.33 bits per heavy atom. The van der Waals surface area contributed by atoms with Crippen LogP contribution in [0.2, 0.25) is 5.02 Å². The molecule has 3 aromatic rings. The molecule has 0 aliphatic carbocycles. The SMILES string of the molecule is O=C(Nc1ncc(CCCCN2C(=O)c3ccccc3C2=O)s1)c1ccc(Cl)cc1. The number of halogens is 1. The van der Waals surface area contributed by atoms with E-state index in [9.17, 15) is 14.4 Å². The first-order chi connectivity index (χ1) is 14.5. The molecule has 0 saturated heterocycles. The minimum atomic E-state index is -0.238. The van der Waals surface area contributed by atoms with Gasteiger partial charge in [-0.25, -0.2) is 4.98 Å². The van der Waals surface area contributed by atoms with Crippen LogP contribution in [0.25, 0.3) is 0 Å². The molecule has 1 aliphatic heterocycles. The number of carbonyl (C=O) groups excluding carboxylic acids is 3. The molecular formula is C22H18ClN3O3S. The summed E-state index contributed by atoms with van der Waals surface area (Å²) in [6.07, 6.45) is 4.01. The number of aromatic nitrogens is 1. The first-order valence-electron chi connectivity index (χ1n) is 9.50. The molecule has 0 unspecified atom stereocenters. The molecule has 3 amide bonds. The van der Waals surface area contributed by atoms with Crippen LogP contribution in [0, 0.1) is 0 Å². The third-order valence-corrected chi connectivity index (χ3v) is 6.04. The third kappa shape index (κ3) is 4.27. The van der Waals surface area contributed by atoms with Gasteiger partial charge >= 0.3 is 0 Å². The molecule has 2 aromatic carbocycles. The summed E-state index contributed by atoms with van der Waals surface area (Å²) in [4.78, 5) is 43.6. The van der Waals surface area contributed by atoms with Crippen LogP contribution in [0.3, 0.4) is 0 Å². The second kappa shape index (κ2) is 8.77. The molecule has 8 heteroatoms. The van der Waals surface area contributed by atoms with E-state index in [1.807, 2.05) is 0 Å². The highest BCUT2D eigenvalue weighted by Crippen LogP contribution is 2.24. The first kappa shape index (κ1) is 20.3. The predicted molar refractivity (Wildman–Crippen MR) is 116 cm³/mol. The maximum absolute atomic E-state index is 12.4. The van der Waals surface area contributed by atoms with Crippen LogP contribution in [0.1, 0.15) is 48.8 Å². The summed E-state index contributed by atoms with van der Waals surface area (Å²) < 4.78 is 0. The molecule has 1 aliphatic rings. The molecule has 152 valence electrons. The number of unbranched alkanes of at least 4 members (excludes halogenated alkanes) is 1. The van der Waals surface area contributed by atoms with Crippen molar-refractivity contribution in [2.75, 3.05) is 11.9 Å². The number of hydrogen-bond donors (Lipinski definition) is 1. The van der Waals surface area contributed by atoms with Crippen LogP contribution in [0.5, 0.6) is 0 Å². The zero-order valence-corrected chi connectivity index (χ0v) is 17.5. The summed E-state index contributed by atoms with van der Waals surface area (Å²) >= 11 is 7.26. The number of thiazole rings is 1. The quantitative estimate of drug-likeness (QED) is 0.428. The van der Waals surface area contributed by atoms with Gasteiger partial charge in [0.05, 0.1) is 11.1 Å². The smallest absolute Gasteiger partial charge is 0.261 e. The summed E-state index contributed by atoms with van der Waals surface area (Å²) in [5, 5.41) is 3.89. The van der Waals surface area contributed by atoms with Gasteiger partial charge in [-0.15, -0.1) is 11.3 Å². The molecule has 0 radical (unpaired) electrons. The maximum Gasteiger partial charge on any atom is 0.261 e. The number of amides is 3. The average molecular weight is 440 g/mol. The fraction of sp³-hybridized carbons (Fsp3) is 0.182. The largest absolute Gasteiger partial charge is 0.298 e. The Balaban J connectivity index is 1.25. The van der Waals surface area contributed by atoms with E-state index in [0.717, 1.165) is 17.7 Å². The molecule has 0 spiro atoms. The number of carbonyl (C=O) groups is 3. The van der Waals surface area contributed by atoms with Crippen LogP contribution in [0.4, 0.5) is 5.13 Å². The summed E-state index contributed by atoms with van der Waals surface area (Å²) in [6, 6.07) is 13.5. The molecule has 0 atom stereocenters. The fourth-order valence-corrected chi connectivity index (χ4v) is 4.24. The summed E-state index contributed by atoms with van der Waals surface area (Å²) in [6.45, 7) is 0.394. The lowest BCUT2D eigenvalue weighted by Gasteiger charge is -2.13. The van der Waals surface area contributed by atoms with Crippen molar-refractivity contribution in [1.29, 1.82) is 0 Å². The molecule has 1 aromatic heterocycles. The highest BCUT2D eigenvalue weighted by Gasteiger charge is 2.34. The van der Waals surface area contributed by atoms with Crippen molar-refractivity contribution in [2.24, 2.45) is 0 Å². The topological polar surface area (TPSA) is 79.4 Å². The van der Waals surface area contributed by atoms with Crippen molar-refractivity contribution in [1.82, 2.24) is 9.88 Å². The van der Waals surface area contributed by atoms with Crippen molar-refractivity contribution in [3.05, 3.63) is 81.3 Å². The molecule has 1 N–H and O–H groups in total. The van der Waals surface area contributed by atoms with E-state index < -0.39 is 0 Å². The molecular weight excluding hydrogens is 422 g/mol. The number of rotatable bonds is 7. The fourth-order valence-electron chi connectivity index (χ4n) is 3.26. The van der Waals surface area contributed by atoms with Gasteiger partial charge in [0.2, 0.25) is 0 Å². The second-order valence-corrected chi connectivity index (χ2v) is 8.41. The van der Waals surface area contributed by atoms with Gasteiger partial charge in [0, 0.05) is 28.2 Å². The maximum atomic E-state index is 12.4. The highest BCUT2D eigenvalue weighted by molar-refractivity contribution is 7.15. The van der Waals surface area contributed by atoms with Crippen LogP contribution in [0.15, 0.2) is 54.7 Å². The molecule has 0 saturated carbocycles. The highest BCUT2D eigenvalue weighted by atomic mass is 35.5. The third-order valence-electron chi connectivity index (χ3n) is 4.81. The van der Waals surface area contributed by atoms with Gasteiger partial charge in [0.25, 0.3) is 17.7 Å². The lowest BCUT2D eigenvalue weighted by molar-refractivity contribution is 0.0651. The minimum Gasteiger partial charge on any atom is -0.298 e. The van der Waals surface area contributed by atoms with Crippen LogP contribution in [-0.4, -0.2) is 34.2 Å². The number of nitrogens with zero attached hydrogens (tertiary/aromatic N) is 2. The Hall–Kier alpha value is -3.03. The first-order valence-corrected chi connectivity index (χ1v) is 10.7. The van der Waals surface area contributed by atoms with E-state index in [1.54, 1.807) is 54.7 Å². The molecule has 0 fully saturated rings. The Labute approximate surface area is 182 Å². The van der Waals surface area contributed by atoms with Crippen molar-refractivity contribution in [2.45, 2.75) is 19.3 Å². The van der Waals surface area contributed by atoms with Crippen molar-refractivity contribution < 1.29 is 14.4 Å². The number of anilines is 1. The monoisotopic (exact) mass is 439 g/mol. The number of fused-ring (bicyclic) bond motifs is 1. The van der Waals surface area contributed by atoms with Crippen LogP contribution in [-0.2, 0) is 6.42 Å². The van der Waals surface area contributed by atoms with Gasteiger partial charge in [-0.05, 0) is 55.7 Å². The van der Waals surface area contributed by atoms with Crippen molar-refractivity contribution in [3.8, 4) is 0 Å². The minimum absolute atomic E-state index is 0.222. The Kier molecular flexibility index (Phi) is 5.92. The second-order valence-electron chi connectivity index (χ2n) is 6.86. The van der Waals surface area contributed by atoms with Gasteiger partial charge in [-0.1, -0.05) is 23.7 Å².